The lowest BCUT2D eigenvalue weighted by Gasteiger charge is -1.99. The van der Waals surface area contributed by atoms with Gasteiger partial charge in [-0.05, 0) is 36.4 Å². The van der Waals surface area contributed by atoms with Crippen LogP contribution in [0.1, 0.15) is 0 Å². The van der Waals surface area contributed by atoms with Crippen LogP contribution in [0.4, 0.5) is 0 Å². The summed E-state index contributed by atoms with van der Waals surface area (Å²) in [5.41, 5.74) is 2.36. The average molecular weight is 400 g/mol. The number of hydrogen-bond acceptors (Lipinski definition) is 4. The van der Waals surface area contributed by atoms with E-state index in [9.17, 15) is 20.4 Å². The molecule has 2 aromatic heterocycles. The molecule has 0 fully saturated rings. The SMILES string of the molecule is Oc1cc(O)c2ccc(-c3ccc(-c4ccc5c(O)cc(O)cc5[o+]4)cc3)[o+]c2c1. The number of rotatable bonds is 2. The first kappa shape index (κ1) is 17.8. The minimum absolute atomic E-state index is 0.0503. The second-order valence-electron chi connectivity index (χ2n) is 6.93. The molecule has 3 aromatic carbocycles. The molecule has 30 heavy (non-hydrogen) atoms. The van der Waals surface area contributed by atoms with Crippen molar-refractivity contribution in [2.75, 3.05) is 0 Å². The van der Waals surface area contributed by atoms with Gasteiger partial charge in [0.1, 0.15) is 33.8 Å². The summed E-state index contributed by atoms with van der Waals surface area (Å²) in [5, 5.41) is 40.2. The molecule has 0 saturated carbocycles. The molecule has 5 rings (SSSR count). The van der Waals surface area contributed by atoms with Gasteiger partial charge in [-0.25, -0.2) is 8.83 Å². The molecule has 0 spiro atoms. The van der Waals surface area contributed by atoms with Gasteiger partial charge in [0.25, 0.3) is 0 Å². The van der Waals surface area contributed by atoms with Crippen molar-refractivity contribution in [3.63, 3.8) is 0 Å². The third kappa shape index (κ3) is 3.00. The molecule has 0 aliphatic heterocycles. The summed E-state index contributed by atoms with van der Waals surface area (Å²) in [6.45, 7) is 0. The smallest absolute Gasteiger partial charge is 0.368 e. The molecule has 6 heteroatoms. The van der Waals surface area contributed by atoms with Crippen molar-refractivity contribution in [1.29, 1.82) is 0 Å². The van der Waals surface area contributed by atoms with Crippen LogP contribution >= 0.6 is 0 Å². The predicted octanol–water partition coefficient (Wildman–Crippen LogP) is 5.90. The minimum atomic E-state index is -0.0776. The number of benzene rings is 3. The molecule has 146 valence electrons. The Kier molecular flexibility index (Phi) is 3.93. The lowest BCUT2D eigenvalue weighted by molar-refractivity contribution is 0.451. The van der Waals surface area contributed by atoms with E-state index in [-0.39, 0.29) is 23.0 Å². The topological polar surface area (TPSA) is 104 Å². The molecular weight excluding hydrogens is 384 g/mol. The van der Waals surface area contributed by atoms with Crippen LogP contribution in [0.25, 0.3) is 44.6 Å². The maximum atomic E-state index is 9.92. The van der Waals surface area contributed by atoms with E-state index in [0.717, 1.165) is 11.1 Å². The lowest BCUT2D eigenvalue weighted by atomic mass is 10.1. The Labute approximate surface area is 170 Å². The first-order valence-electron chi connectivity index (χ1n) is 9.16. The van der Waals surface area contributed by atoms with Crippen LogP contribution in [0.15, 0.2) is 81.6 Å². The van der Waals surface area contributed by atoms with Gasteiger partial charge in [-0.1, -0.05) is 0 Å². The van der Waals surface area contributed by atoms with Gasteiger partial charge in [0.05, 0.1) is 23.3 Å². The zero-order chi connectivity index (χ0) is 20.8. The third-order valence-corrected chi connectivity index (χ3v) is 4.91. The fraction of sp³-hybridized carbons (Fsp3) is 0. The first-order valence-corrected chi connectivity index (χ1v) is 9.16. The third-order valence-electron chi connectivity index (χ3n) is 4.91. The van der Waals surface area contributed by atoms with Gasteiger partial charge < -0.3 is 20.4 Å². The highest BCUT2D eigenvalue weighted by Gasteiger charge is 2.21. The fourth-order valence-corrected chi connectivity index (χ4v) is 3.43. The van der Waals surface area contributed by atoms with Gasteiger partial charge in [0.15, 0.2) is 0 Å². The van der Waals surface area contributed by atoms with Gasteiger partial charge in [-0.15, -0.1) is 0 Å². The maximum Gasteiger partial charge on any atom is 0.368 e. The van der Waals surface area contributed by atoms with Gasteiger partial charge in [0.2, 0.25) is 0 Å². The lowest BCUT2D eigenvalue weighted by Crippen LogP contribution is -1.83. The monoisotopic (exact) mass is 400 g/mol. The summed E-state index contributed by atoms with van der Waals surface area (Å²) in [6.07, 6.45) is 0. The highest BCUT2D eigenvalue weighted by atomic mass is 16.3. The summed E-state index contributed by atoms with van der Waals surface area (Å²) < 4.78 is 11.7. The molecule has 0 bridgehead atoms. The Balaban J connectivity index is 1.53. The van der Waals surface area contributed by atoms with E-state index in [0.29, 0.717) is 33.5 Å². The van der Waals surface area contributed by atoms with Crippen LogP contribution in [0.5, 0.6) is 23.0 Å². The molecule has 0 unspecified atom stereocenters. The van der Waals surface area contributed by atoms with E-state index >= 15 is 0 Å². The predicted molar refractivity (Wildman–Crippen MR) is 112 cm³/mol. The molecule has 0 amide bonds. The normalized spacial score (nSPS) is 11.2. The molecule has 2 heterocycles. The second-order valence-corrected chi connectivity index (χ2v) is 6.93. The molecule has 4 N–H and O–H groups in total. The van der Waals surface area contributed by atoms with E-state index in [4.69, 9.17) is 8.83 Å². The highest BCUT2D eigenvalue weighted by molar-refractivity contribution is 5.87. The van der Waals surface area contributed by atoms with Gasteiger partial charge in [-0.3, -0.25) is 0 Å². The van der Waals surface area contributed by atoms with Crippen molar-refractivity contribution in [2.24, 2.45) is 0 Å². The molecular formula is C24H16O6+2. The average Bonchev–Trinajstić information content (AvgIpc) is 2.72. The van der Waals surface area contributed by atoms with Gasteiger partial charge in [-0.2, -0.15) is 0 Å². The maximum absolute atomic E-state index is 9.92. The Morgan fingerprint density at radius 2 is 0.867 bits per heavy atom. The highest BCUT2D eigenvalue weighted by Crippen LogP contribution is 2.35. The Bertz CT molecular complexity index is 1310. The van der Waals surface area contributed by atoms with Crippen LogP contribution in [0, 0.1) is 0 Å². The molecule has 0 radical (unpaired) electrons. The van der Waals surface area contributed by atoms with Crippen molar-refractivity contribution < 1.29 is 29.3 Å². The number of fused-ring (bicyclic) bond motifs is 2. The van der Waals surface area contributed by atoms with E-state index in [1.165, 1.54) is 24.3 Å². The summed E-state index contributed by atoms with van der Waals surface area (Å²) in [7, 11) is 0. The van der Waals surface area contributed by atoms with Gasteiger partial charge in [0, 0.05) is 24.3 Å². The molecule has 0 aliphatic rings. The summed E-state index contributed by atoms with van der Waals surface area (Å²) in [5.74, 6) is 0.891. The van der Waals surface area contributed by atoms with Crippen LogP contribution < -0.4 is 0 Å². The first-order chi connectivity index (χ1) is 14.5. The van der Waals surface area contributed by atoms with Crippen LogP contribution in [0.2, 0.25) is 0 Å². The van der Waals surface area contributed by atoms with Crippen LogP contribution in [-0.2, 0) is 0 Å². The molecule has 0 saturated heterocycles. The quantitative estimate of drug-likeness (QED) is 0.275. The fourth-order valence-electron chi connectivity index (χ4n) is 3.43. The minimum Gasteiger partial charge on any atom is -0.507 e. The Morgan fingerprint density at radius 1 is 0.467 bits per heavy atom. The van der Waals surface area contributed by atoms with Crippen molar-refractivity contribution in [1.82, 2.24) is 0 Å². The number of hydrogen-bond donors (Lipinski definition) is 4. The van der Waals surface area contributed by atoms with E-state index in [1.807, 2.05) is 24.3 Å². The van der Waals surface area contributed by atoms with Crippen LogP contribution in [-0.4, -0.2) is 20.4 Å². The van der Waals surface area contributed by atoms with E-state index < -0.39 is 0 Å². The number of phenols is 4. The van der Waals surface area contributed by atoms with Gasteiger partial charge >= 0.3 is 22.7 Å². The zero-order valence-corrected chi connectivity index (χ0v) is 15.5. The number of aromatic hydroxyl groups is 4. The molecule has 6 nitrogen and oxygen atoms in total. The van der Waals surface area contributed by atoms with E-state index in [1.54, 1.807) is 24.3 Å². The standard InChI is InChI=1S/C24H14O6/c25-15-9-19(27)17-5-7-21(29-23(17)11-15)13-1-2-14(4-3-13)22-8-6-18-20(28)10-16(26)12-24(18)30-22/h1-12H,(H2-2,25,26,27,28)/p+2. The van der Waals surface area contributed by atoms with Crippen molar-refractivity contribution >= 4 is 21.9 Å². The summed E-state index contributed by atoms with van der Waals surface area (Å²) in [4.78, 5) is 0. The Hall–Kier alpha value is -4.32. The van der Waals surface area contributed by atoms with Crippen LogP contribution in [0.3, 0.4) is 0 Å². The molecule has 0 aliphatic carbocycles. The second kappa shape index (κ2) is 6.63. The van der Waals surface area contributed by atoms with Crippen molar-refractivity contribution in [3.8, 4) is 45.6 Å². The molecule has 5 aromatic rings. The summed E-state index contributed by atoms with van der Waals surface area (Å²) >= 11 is 0. The number of phenolic OH excluding ortho intramolecular Hbond substituents is 4. The van der Waals surface area contributed by atoms with Crippen molar-refractivity contribution in [2.45, 2.75) is 0 Å². The summed E-state index contributed by atoms with van der Waals surface area (Å²) in [6, 6.07) is 19.8. The van der Waals surface area contributed by atoms with E-state index in [2.05, 4.69) is 0 Å². The van der Waals surface area contributed by atoms with Crippen molar-refractivity contribution in [3.05, 3.63) is 72.8 Å². The Morgan fingerprint density at radius 3 is 1.27 bits per heavy atom. The largest absolute Gasteiger partial charge is 0.507 e. The molecule has 0 atom stereocenters. The zero-order valence-electron chi connectivity index (χ0n) is 15.5.